The minimum atomic E-state index is 0.162. The Bertz CT molecular complexity index is 441. The number of rotatable bonds is 6. The molecule has 1 fully saturated rings. The number of hydrogen-bond donors (Lipinski definition) is 1. The van der Waals surface area contributed by atoms with Gasteiger partial charge in [0.2, 0.25) is 0 Å². The second-order valence-corrected chi connectivity index (χ2v) is 8.52. The van der Waals surface area contributed by atoms with E-state index in [1.165, 1.54) is 28.5 Å². The Kier molecular flexibility index (Phi) is 4.75. The fourth-order valence-corrected chi connectivity index (χ4v) is 3.34. The van der Waals surface area contributed by atoms with Crippen molar-refractivity contribution in [3.05, 3.63) is 10.6 Å². The Hall–Kier alpha value is -0.610. The lowest BCUT2D eigenvalue weighted by Gasteiger charge is -2.20. The molecule has 3 nitrogen and oxygen atoms in total. The quantitative estimate of drug-likeness (QED) is 0.860. The summed E-state index contributed by atoms with van der Waals surface area (Å²) in [5.74, 6) is 1.40. The predicted molar refractivity (Wildman–Crippen MR) is 88.8 cm³/mol. The second-order valence-electron chi connectivity index (χ2n) is 7.46. The van der Waals surface area contributed by atoms with Crippen molar-refractivity contribution < 1.29 is 0 Å². The van der Waals surface area contributed by atoms with Gasteiger partial charge in [-0.25, -0.2) is 4.98 Å². The molecule has 1 aromatic rings. The summed E-state index contributed by atoms with van der Waals surface area (Å²) in [7, 11) is 2.16. The van der Waals surface area contributed by atoms with Crippen LogP contribution < -0.4 is 10.2 Å². The molecule has 1 heterocycles. The first kappa shape index (κ1) is 15.8. The summed E-state index contributed by atoms with van der Waals surface area (Å²) >= 11 is 1.87. The van der Waals surface area contributed by atoms with E-state index in [1.54, 1.807) is 0 Å². The third-order valence-corrected chi connectivity index (χ3v) is 4.61. The number of aromatic nitrogens is 1. The van der Waals surface area contributed by atoms with E-state index >= 15 is 0 Å². The maximum absolute atomic E-state index is 4.93. The van der Waals surface area contributed by atoms with Crippen LogP contribution in [0.25, 0.3) is 0 Å². The van der Waals surface area contributed by atoms with Gasteiger partial charge in [0.1, 0.15) is 0 Å². The molecule has 1 aromatic heterocycles. The molecule has 0 aromatic carbocycles. The summed E-state index contributed by atoms with van der Waals surface area (Å²) in [5.41, 5.74) is 1.52. The van der Waals surface area contributed by atoms with Crippen molar-refractivity contribution in [1.82, 2.24) is 10.3 Å². The van der Waals surface area contributed by atoms with Gasteiger partial charge in [0.15, 0.2) is 5.13 Å². The van der Waals surface area contributed by atoms with Gasteiger partial charge in [0.05, 0.1) is 5.69 Å². The first-order valence-corrected chi connectivity index (χ1v) is 8.53. The topological polar surface area (TPSA) is 28.2 Å². The molecule has 0 aliphatic heterocycles. The summed E-state index contributed by atoms with van der Waals surface area (Å²) in [6.45, 7) is 13.2. The molecule has 0 atom stereocenters. The van der Waals surface area contributed by atoms with E-state index in [0.29, 0.717) is 5.92 Å². The average molecular weight is 295 g/mol. The molecule has 1 aliphatic rings. The molecule has 0 saturated heterocycles. The van der Waals surface area contributed by atoms with Crippen molar-refractivity contribution in [1.29, 1.82) is 0 Å². The molecule has 0 bridgehead atoms. The third-order valence-electron chi connectivity index (χ3n) is 3.43. The van der Waals surface area contributed by atoms with E-state index in [4.69, 9.17) is 4.98 Å². The fourth-order valence-electron chi connectivity index (χ4n) is 2.29. The van der Waals surface area contributed by atoms with E-state index in [9.17, 15) is 0 Å². The second kappa shape index (κ2) is 6.02. The Balaban J connectivity index is 2.11. The maximum atomic E-state index is 4.93. The third kappa shape index (κ3) is 4.45. The van der Waals surface area contributed by atoms with Crippen molar-refractivity contribution in [3.63, 3.8) is 0 Å². The lowest BCUT2D eigenvalue weighted by atomic mass is 10.1. The van der Waals surface area contributed by atoms with Crippen LogP contribution in [0, 0.1) is 5.92 Å². The first-order chi connectivity index (χ1) is 9.26. The smallest absolute Gasteiger partial charge is 0.185 e. The predicted octanol–water partition coefficient (Wildman–Crippen LogP) is 4.00. The van der Waals surface area contributed by atoms with Gasteiger partial charge >= 0.3 is 0 Å². The van der Waals surface area contributed by atoms with Crippen LogP contribution in [0.5, 0.6) is 0 Å². The van der Waals surface area contributed by atoms with E-state index in [0.717, 1.165) is 19.0 Å². The molecular weight excluding hydrogens is 266 g/mol. The molecule has 0 unspecified atom stereocenters. The summed E-state index contributed by atoms with van der Waals surface area (Å²) in [5, 5.41) is 4.79. The first-order valence-electron chi connectivity index (χ1n) is 7.72. The lowest BCUT2D eigenvalue weighted by molar-refractivity contribution is 0.425. The summed E-state index contributed by atoms with van der Waals surface area (Å²) in [6, 6.07) is 0. The summed E-state index contributed by atoms with van der Waals surface area (Å²) < 4.78 is 0. The Morgan fingerprint density at radius 2 is 2.00 bits per heavy atom. The Labute approximate surface area is 127 Å². The number of anilines is 1. The summed E-state index contributed by atoms with van der Waals surface area (Å²) in [6.07, 6.45) is 2.64. The highest BCUT2D eigenvalue weighted by Gasteiger charge is 2.30. The van der Waals surface area contributed by atoms with Crippen LogP contribution in [0.4, 0.5) is 5.13 Å². The molecule has 1 saturated carbocycles. The van der Waals surface area contributed by atoms with E-state index in [-0.39, 0.29) is 5.54 Å². The SMILES string of the molecule is CC(C)CN(C)c1nc(C2CC2)c(CNC(C)(C)C)s1. The molecule has 0 spiro atoms. The van der Waals surface area contributed by atoms with Crippen molar-refractivity contribution in [2.45, 2.75) is 65.5 Å². The Morgan fingerprint density at radius 3 is 2.50 bits per heavy atom. The van der Waals surface area contributed by atoms with E-state index in [1.807, 2.05) is 11.3 Å². The van der Waals surface area contributed by atoms with Gasteiger partial charge in [0, 0.05) is 36.5 Å². The molecule has 20 heavy (non-hydrogen) atoms. The minimum Gasteiger partial charge on any atom is -0.351 e. The van der Waals surface area contributed by atoms with Gasteiger partial charge < -0.3 is 10.2 Å². The van der Waals surface area contributed by atoms with Gasteiger partial charge in [-0.1, -0.05) is 13.8 Å². The Morgan fingerprint density at radius 1 is 1.35 bits per heavy atom. The van der Waals surface area contributed by atoms with Crippen LogP contribution in [-0.2, 0) is 6.54 Å². The molecule has 0 radical (unpaired) electrons. The van der Waals surface area contributed by atoms with Gasteiger partial charge in [0.25, 0.3) is 0 Å². The van der Waals surface area contributed by atoms with Crippen LogP contribution in [0.15, 0.2) is 0 Å². The molecular formula is C16H29N3S. The largest absolute Gasteiger partial charge is 0.351 e. The van der Waals surface area contributed by atoms with Crippen molar-refractivity contribution in [3.8, 4) is 0 Å². The zero-order valence-electron chi connectivity index (χ0n) is 13.8. The van der Waals surface area contributed by atoms with E-state index < -0.39 is 0 Å². The number of hydrogen-bond acceptors (Lipinski definition) is 4. The maximum Gasteiger partial charge on any atom is 0.185 e. The molecule has 4 heteroatoms. The number of nitrogens with one attached hydrogen (secondary N) is 1. The highest BCUT2D eigenvalue weighted by molar-refractivity contribution is 7.15. The van der Waals surface area contributed by atoms with Crippen molar-refractivity contribution in [2.24, 2.45) is 5.92 Å². The normalized spacial score (nSPS) is 15.9. The molecule has 1 aliphatic carbocycles. The van der Waals surface area contributed by atoms with E-state index in [2.05, 4.69) is 51.9 Å². The highest BCUT2D eigenvalue weighted by Crippen LogP contribution is 2.44. The summed E-state index contributed by atoms with van der Waals surface area (Å²) in [4.78, 5) is 8.68. The molecule has 2 rings (SSSR count). The van der Waals surface area contributed by atoms with Crippen molar-refractivity contribution >= 4 is 16.5 Å². The molecule has 1 N–H and O–H groups in total. The van der Waals surface area contributed by atoms with Gasteiger partial charge in [-0.05, 0) is 39.5 Å². The molecule has 114 valence electrons. The van der Waals surface area contributed by atoms with Crippen LogP contribution in [0.1, 0.15) is 63.9 Å². The van der Waals surface area contributed by atoms with Crippen LogP contribution in [-0.4, -0.2) is 24.1 Å². The highest BCUT2D eigenvalue weighted by atomic mass is 32.1. The average Bonchev–Trinajstić information content (AvgIpc) is 3.04. The van der Waals surface area contributed by atoms with Gasteiger partial charge in [-0.2, -0.15) is 0 Å². The fraction of sp³-hybridized carbons (Fsp3) is 0.812. The van der Waals surface area contributed by atoms with Gasteiger partial charge in [-0.15, -0.1) is 11.3 Å². The number of thiazole rings is 1. The monoisotopic (exact) mass is 295 g/mol. The van der Waals surface area contributed by atoms with Crippen LogP contribution in [0.3, 0.4) is 0 Å². The van der Waals surface area contributed by atoms with Crippen molar-refractivity contribution in [2.75, 3.05) is 18.5 Å². The molecule has 0 amide bonds. The minimum absolute atomic E-state index is 0.162. The standard InChI is InChI=1S/C16H29N3S/c1-11(2)10-19(6)15-18-14(12-7-8-12)13(20-15)9-17-16(3,4)5/h11-12,17H,7-10H2,1-6H3. The zero-order chi connectivity index (χ0) is 14.9. The lowest BCUT2D eigenvalue weighted by Crippen LogP contribution is -2.35. The van der Waals surface area contributed by atoms with Crippen LogP contribution in [0.2, 0.25) is 0 Å². The number of nitrogens with zero attached hydrogens (tertiary/aromatic N) is 2. The van der Waals surface area contributed by atoms with Crippen LogP contribution >= 0.6 is 11.3 Å². The zero-order valence-corrected chi connectivity index (χ0v) is 14.6. The van der Waals surface area contributed by atoms with Gasteiger partial charge in [-0.3, -0.25) is 0 Å².